The van der Waals surface area contributed by atoms with Crippen molar-refractivity contribution < 1.29 is 9.18 Å². The molecule has 0 fully saturated rings. The molecular weight excluding hydrogens is 445 g/mol. The number of benzene rings is 1. The summed E-state index contributed by atoms with van der Waals surface area (Å²) in [4.78, 5) is 28.0. The van der Waals surface area contributed by atoms with Crippen molar-refractivity contribution in [1.29, 1.82) is 0 Å². The third kappa shape index (κ3) is 4.35. The maximum atomic E-state index is 14.1. The van der Waals surface area contributed by atoms with Crippen molar-refractivity contribution in [3.8, 4) is 17.2 Å². The van der Waals surface area contributed by atoms with Crippen LogP contribution >= 0.6 is 0 Å². The summed E-state index contributed by atoms with van der Waals surface area (Å²) in [6.45, 7) is 2.25. The normalized spacial score (nSPS) is 11.1. The lowest BCUT2D eigenvalue weighted by molar-refractivity contribution is 0.0821. The van der Waals surface area contributed by atoms with E-state index in [0.717, 1.165) is 11.4 Å². The second kappa shape index (κ2) is 9.02. The quantitative estimate of drug-likeness (QED) is 0.400. The van der Waals surface area contributed by atoms with Crippen molar-refractivity contribution in [3.05, 3.63) is 96.1 Å². The summed E-state index contributed by atoms with van der Waals surface area (Å²) in [6.07, 6.45) is 5.31. The molecule has 1 N–H and O–H groups in total. The zero-order chi connectivity index (χ0) is 24.5. The van der Waals surface area contributed by atoms with Crippen LogP contribution in [0, 0.1) is 12.7 Å². The fourth-order valence-corrected chi connectivity index (χ4v) is 3.85. The van der Waals surface area contributed by atoms with Crippen LogP contribution in [-0.4, -0.2) is 48.8 Å². The van der Waals surface area contributed by atoms with Crippen molar-refractivity contribution in [2.75, 3.05) is 19.4 Å². The van der Waals surface area contributed by atoms with Gasteiger partial charge >= 0.3 is 0 Å². The second-order valence-corrected chi connectivity index (χ2v) is 8.38. The first kappa shape index (κ1) is 22.3. The van der Waals surface area contributed by atoms with Crippen LogP contribution in [0.1, 0.15) is 21.9 Å². The van der Waals surface area contributed by atoms with Gasteiger partial charge < -0.3 is 10.2 Å². The van der Waals surface area contributed by atoms with Gasteiger partial charge in [-0.3, -0.25) is 13.8 Å². The number of amides is 1. The van der Waals surface area contributed by atoms with Gasteiger partial charge in [-0.15, -0.1) is 0 Å². The Morgan fingerprint density at radius 3 is 2.63 bits per heavy atom. The van der Waals surface area contributed by atoms with E-state index in [9.17, 15) is 9.18 Å². The maximum absolute atomic E-state index is 14.1. The number of imidazole rings is 2. The molecule has 4 aromatic heterocycles. The fourth-order valence-electron chi connectivity index (χ4n) is 3.85. The molecule has 0 unspecified atom stereocenters. The highest BCUT2D eigenvalue weighted by molar-refractivity contribution is 5.93. The summed E-state index contributed by atoms with van der Waals surface area (Å²) in [6, 6.07) is 16.1. The molecule has 1 aromatic carbocycles. The number of hydrogen-bond acceptors (Lipinski definition) is 5. The van der Waals surface area contributed by atoms with Crippen LogP contribution in [0.2, 0.25) is 0 Å². The van der Waals surface area contributed by atoms with Crippen LogP contribution in [0.3, 0.4) is 0 Å². The largest absolute Gasteiger partial charge is 0.377 e. The Labute approximate surface area is 201 Å². The molecule has 0 atom stereocenters. The monoisotopic (exact) mass is 469 g/mol. The predicted molar refractivity (Wildman–Crippen MR) is 132 cm³/mol. The van der Waals surface area contributed by atoms with Gasteiger partial charge in [-0.1, -0.05) is 18.2 Å². The highest BCUT2D eigenvalue weighted by Gasteiger charge is 2.17. The maximum Gasteiger partial charge on any atom is 0.271 e. The van der Waals surface area contributed by atoms with Crippen LogP contribution in [0.25, 0.3) is 22.9 Å². The SMILES string of the molecule is Cc1cccc(-c2nc(CNc3ccccc3F)cn2-c2ccc3ncc(C(=O)N(C)C)n3c2)n1. The van der Waals surface area contributed by atoms with Crippen molar-refractivity contribution >= 4 is 17.2 Å². The molecule has 0 aliphatic rings. The van der Waals surface area contributed by atoms with Crippen molar-refractivity contribution in [2.24, 2.45) is 0 Å². The smallest absolute Gasteiger partial charge is 0.271 e. The topological polar surface area (TPSA) is 80.4 Å². The zero-order valence-electron chi connectivity index (χ0n) is 19.6. The molecule has 0 saturated carbocycles. The lowest BCUT2D eigenvalue weighted by Gasteiger charge is -2.11. The van der Waals surface area contributed by atoms with E-state index in [4.69, 9.17) is 4.98 Å². The van der Waals surface area contributed by atoms with Crippen LogP contribution < -0.4 is 5.32 Å². The molecule has 0 aliphatic carbocycles. The average Bonchev–Trinajstić information content (AvgIpc) is 3.47. The number of carbonyl (C=O) groups excluding carboxylic acids is 1. The van der Waals surface area contributed by atoms with Crippen LogP contribution in [-0.2, 0) is 6.54 Å². The van der Waals surface area contributed by atoms with Gasteiger partial charge in [-0.05, 0) is 43.3 Å². The van der Waals surface area contributed by atoms with Crippen molar-refractivity contribution in [1.82, 2.24) is 28.8 Å². The van der Waals surface area contributed by atoms with E-state index < -0.39 is 0 Å². The highest BCUT2D eigenvalue weighted by Crippen LogP contribution is 2.24. The van der Waals surface area contributed by atoms with Crippen molar-refractivity contribution in [2.45, 2.75) is 13.5 Å². The molecule has 9 heteroatoms. The summed E-state index contributed by atoms with van der Waals surface area (Å²) in [5.41, 5.74) is 4.60. The number of pyridine rings is 2. The summed E-state index contributed by atoms with van der Waals surface area (Å²) < 4.78 is 17.8. The van der Waals surface area contributed by atoms with E-state index in [-0.39, 0.29) is 11.7 Å². The Kier molecular flexibility index (Phi) is 5.74. The Morgan fingerprint density at radius 1 is 1.03 bits per heavy atom. The Bertz CT molecular complexity index is 1540. The molecule has 5 rings (SSSR count). The first-order chi connectivity index (χ1) is 16.9. The molecule has 1 amide bonds. The van der Waals surface area contributed by atoms with Gasteiger partial charge in [0.05, 0.1) is 29.8 Å². The number of hydrogen-bond donors (Lipinski definition) is 1. The molecule has 4 heterocycles. The zero-order valence-corrected chi connectivity index (χ0v) is 19.6. The van der Waals surface area contributed by atoms with E-state index in [1.807, 2.05) is 54.2 Å². The van der Waals surface area contributed by atoms with Gasteiger partial charge in [0.2, 0.25) is 0 Å². The fraction of sp³-hybridized carbons (Fsp3) is 0.154. The number of carbonyl (C=O) groups is 1. The molecule has 35 heavy (non-hydrogen) atoms. The molecule has 0 radical (unpaired) electrons. The molecule has 176 valence electrons. The number of halogens is 1. The minimum Gasteiger partial charge on any atom is -0.377 e. The number of rotatable bonds is 6. The van der Waals surface area contributed by atoms with Gasteiger partial charge in [-0.25, -0.2) is 19.3 Å². The molecule has 5 aromatic rings. The molecule has 0 bridgehead atoms. The standard InChI is InChI=1S/C26H24FN7O/c1-17-7-6-10-22(30-17)25-31-18(13-28-21-9-5-4-8-20(21)27)15-33(25)19-11-12-24-29-14-23(34(24)16-19)26(35)32(2)3/h4-12,14-16,28H,13H2,1-3H3. The van der Waals surface area contributed by atoms with Gasteiger partial charge in [0.15, 0.2) is 5.82 Å². The van der Waals surface area contributed by atoms with E-state index >= 15 is 0 Å². The first-order valence-electron chi connectivity index (χ1n) is 11.1. The summed E-state index contributed by atoms with van der Waals surface area (Å²) >= 11 is 0. The van der Waals surface area contributed by atoms with Crippen LogP contribution in [0.5, 0.6) is 0 Å². The molecular formula is C26H24FN7O. The summed E-state index contributed by atoms with van der Waals surface area (Å²) in [5, 5.41) is 3.11. The third-order valence-electron chi connectivity index (χ3n) is 5.60. The summed E-state index contributed by atoms with van der Waals surface area (Å²) in [7, 11) is 3.41. The lowest BCUT2D eigenvalue weighted by Crippen LogP contribution is -2.23. The summed E-state index contributed by atoms with van der Waals surface area (Å²) in [5.74, 6) is 0.172. The lowest BCUT2D eigenvalue weighted by atomic mass is 10.3. The van der Waals surface area contributed by atoms with E-state index in [2.05, 4.69) is 15.3 Å². The number of aromatic nitrogens is 5. The minimum atomic E-state index is -0.323. The Hall–Kier alpha value is -4.53. The molecule has 0 aliphatic heterocycles. The number of para-hydroxylation sites is 1. The predicted octanol–water partition coefficient (Wildman–Crippen LogP) is 4.34. The van der Waals surface area contributed by atoms with Crippen molar-refractivity contribution in [3.63, 3.8) is 0 Å². The number of nitrogens with zero attached hydrogens (tertiary/aromatic N) is 6. The molecule has 0 saturated heterocycles. The third-order valence-corrected chi connectivity index (χ3v) is 5.60. The van der Waals surface area contributed by atoms with E-state index in [1.165, 1.54) is 11.0 Å². The molecule has 0 spiro atoms. The highest BCUT2D eigenvalue weighted by atomic mass is 19.1. The Morgan fingerprint density at radius 2 is 1.86 bits per heavy atom. The van der Waals surface area contributed by atoms with Gasteiger partial charge in [0, 0.05) is 32.2 Å². The molecule has 8 nitrogen and oxygen atoms in total. The number of fused-ring (bicyclic) bond motifs is 1. The Balaban J connectivity index is 1.59. The number of anilines is 1. The van der Waals surface area contributed by atoms with E-state index in [0.29, 0.717) is 40.8 Å². The first-order valence-corrected chi connectivity index (χ1v) is 11.1. The second-order valence-electron chi connectivity index (χ2n) is 8.38. The minimum absolute atomic E-state index is 0.143. The van der Waals surface area contributed by atoms with Gasteiger partial charge in [0.1, 0.15) is 22.9 Å². The van der Waals surface area contributed by atoms with Crippen LogP contribution in [0.15, 0.2) is 73.2 Å². The van der Waals surface area contributed by atoms with Gasteiger partial charge in [-0.2, -0.15) is 0 Å². The number of nitrogens with one attached hydrogen (secondary N) is 1. The number of aryl methyl sites for hydroxylation is 1. The van der Waals surface area contributed by atoms with Gasteiger partial charge in [0.25, 0.3) is 5.91 Å². The van der Waals surface area contributed by atoms with Crippen LogP contribution in [0.4, 0.5) is 10.1 Å². The van der Waals surface area contributed by atoms with E-state index in [1.54, 1.807) is 42.9 Å². The average molecular weight is 470 g/mol.